The molecule has 0 spiro atoms. The minimum atomic E-state index is 0.184. The molecule has 78 valence electrons. The number of nitrogens with two attached hydrogens (primary N) is 1. The SMILES string of the molecule is Cc1cc(C(N)C2CCCC2)n(C)n1. The fraction of sp³-hybridized carbons (Fsp3) is 0.727. The van der Waals surface area contributed by atoms with Crippen LogP contribution in [0, 0.1) is 12.8 Å². The van der Waals surface area contributed by atoms with Gasteiger partial charge in [-0.25, -0.2) is 0 Å². The molecule has 0 aliphatic heterocycles. The molecule has 1 aliphatic rings. The third-order valence-electron chi connectivity index (χ3n) is 3.29. The highest BCUT2D eigenvalue weighted by atomic mass is 15.3. The summed E-state index contributed by atoms with van der Waals surface area (Å²) in [5.74, 6) is 0.671. The van der Waals surface area contributed by atoms with Crippen LogP contribution in [0.3, 0.4) is 0 Å². The number of hydrogen-bond donors (Lipinski definition) is 1. The minimum Gasteiger partial charge on any atom is -0.322 e. The molecule has 0 amide bonds. The van der Waals surface area contributed by atoms with Crippen LogP contribution in [0.15, 0.2) is 6.07 Å². The fourth-order valence-electron chi connectivity index (χ4n) is 2.50. The lowest BCUT2D eigenvalue weighted by Gasteiger charge is -2.18. The summed E-state index contributed by atoms with van der Waals surface area (Å²) >= 11 is 0. The lowest BCUT2D eigenvalue weighted by molar-refractivity contribution is 0.422. The molecule has 0 radical (unpaired) electrons. The van der Waals surface area contributed by atoms with Gasteiger partial charge in [-0.1, -0.05) is 12.8 Å². The van der Waals surface area contributed by atoms with Crippen LogP contribution < -0.4 is 5.73 Å². The predicted octanol–water partition coefficient (Wildman–Crippen LogP) is 1.92. The largest absolute Gasteiger partial charge is 0.322 e. The van der Waals surface area contributed by atoms with Crippen molar-refractivity contribution in [3.8, 4) is 0 Å². The van der Waals surface area contributed by atoms with Crippen molar-refractivity contribution in [2.75, 3.05) is 0 Å². The van der Waals surface area contributed by atoms with Crippen molar-refractivity contribution in [2.45, 2.75) is 38.6 Å². The van der Waals surface area contributed by atoms with E-state index in [1.807, 2.05) is 18.7 Å². The van der Waals surface area contributed by atoms with Gasteiger partial charge in [0.25, 0.3) is 0 Å². The summed E-state index contributed by atoms with van der Waals surface area (Å²) in [6.07, 6.45) is 5.25. The maximum atomic E-state index is 6.25. The molecule has 1 aromatic rings. The van der Waals surface area contributed by atoms with Gasteiger partial charge in [-0.05, 0) is 31.7 Å². The van der Waals surface area contributed by atoms with E-state index in [1.54, 1.807) is 0 Å². The molecule has 2 N–H and O–H groups in total. The van der Waals surface area contributed by atoms with Crippen LogP contribution >= 0.6 is 0 Å². The molecule has 1 saturated carbocycles. The highest BCUT2D eigenvalue weighted by molar-refractivity contribution is 5.13. The van der Waals surface area contributed by atoms with Crippen LogP contribution in [0.2, 0.25) is 0 Å². The Morgan fingerprint density at radius 3 is 2.64 bits per heavy atom. The van der Waals surface area contributed by atoms with E-state index in [4.69, 9.17) is 5.73 Å². The topological polar surface area (TPSA) is 43.8 Å². The van der Waals surface area contributed by atoms with Crippen LogP contribution in [0.1, 0.15) is 43.1 Å². The quantitative estimate of drug-likeness (QED) is 0.779. The van der Waals surface area contributed by atoms with Crippen molar-refractivity contribution >= 4 is 0 Å². The van der Waals surface area contributed by atoms with Crippen LogP contribution in [0.25, 0.3) is 0 Å². The minimum absolute atomic E-state index is 0.184. The summed E-state index contributed by atoms with van der Waals surface area (Å²) in [5, 5.41) is 4.34. The molecule has 1 fully saturated rings. The second kappa shape index (κ2) is 3.73. The van der Waals surface area contributed by atoms with Gasteiger partial charge in [0, 0.05) is 13.1 Å². The molecular weight excluding hydrogens is 174 g/mol. The summed E-state index contributed by atoms with van der Waals surface area (Å²) in [5.41, 5.74) is 8.51. The molecule has 1 atom stereocenters. The van der Waals surface area contributed by atoms with Crippen molar-refractivity contribution in [2.24, 2.45) is 18.7 Å². The summed E-state index contributed by atoms with van der Waals surface area (Å²) in [4.78, 5) is 0. The molecule has 14 heavy (non-hydrogen) atoms. The molecular formula is C11H19N3. The first-order chi connectivity index (χ1) is 6.68. The van der Waals surface area contributed by atoms with E-state index in [-0.39, 0.29) is 6.04 Å². The highest BCUT2D eigenvalue weighted by Crippen LogP contribution is 2.33. The molecule has 3 heteroatoms. The Kier molecular flexibility index (Phi) is 2.59. The molecule has 0 saturated heterocycles. The average molecular weight is 193 g/mol. The standard InChI is InChI=1S/C11H19N3/c1-8-7-10(14(2)13-8)11(12)9-5-3-4-6-9/h7,9,11H,3-6,12H2,1-2H3. The Labute approximate surface area is 85.3 Å². The van der Waals surface area contributed by atoms with Crippen molar-refractivity contribution in [1.82, 2.24) is 9.78 Å². The maximum absolute atomic E-state index is 6.25. The van der Waals surface area contributed by atoms with Crippen molar-refractivity contribution < 1.29 is 0 Å². The van der Waals surface area contributed by atoms with Gasteiger partial charge in [0.1, 0.15) is 0 Å². The maximum Gasteiger partial charge on any atom is 0.0597 e. The zero-order valence-electron chi connectivity index (χ0n) is 9.03. The van der Waals surface area contributed by atoms with Gasteiger partial charge in [-0.3, -0.25) is 4.68 Å². The number of aryl methyl sites for hydroxylation is 2. The third kappa shape index (κ3) is 1.69. The summed E-state index contributed by atoms with van der Waals surface area (Å²) in [7, 11) is 1.98. The Hall–Kier alpha value is -0.830. The van der Waals surface area contributed by atoms with Crippen LogP contribution in [0.4, 0.5) is 0 Å². The van der Waals surface area contributed by atoms with Gasteiger partial charge < -0.3 is 5.73 Å². The van der Waals surface area contributed by atoms with Crippen LogP contribution in [0.5, 0.6) is 0 Å². The Balaban J connectivity index is 2.17. The molecule has 1 aromatic heterocycles. The fourth-order valence-corrected chi connectivity index (χ4v) is 2.50. The third-order valence-corrected chi connectivity index (χ3v) is 3.29. The molecule has 2 rings (SSSR count). The first kappa shape index (κ1) is 9.71. The first-order valence-electron chi connectivity index (χ1n) is 5.44. The van der Waals surface area contributed by atoms with Crippen molar-refractivity contribution in [1.29, 1.82) is 0 Å². The Morgan fingerprint density at radius 2 is 2.14 bits per heavy atom. The molecule has 1 heterocycles. The Morgan fingerprint density at radius 1 is 1.50 bits per heavy atom. The number of hydrogen-bond acceptors (Lipinski definition) is 2. The van der Waals surface area contributed by atoms with Gasteiger partial charge >= 0.3 is 0 Å². The number of rotatable bonds is 2. The smallest absolute Gasteiger partial charge is 0.0597 e. The molecule has 3 nitrogen and oxygen atoms in total. The van der Waals surface area contributed by atoms with Crippen molar-refractivity contribution in [3.63, 3.8) is 0 Å². The normalized spacial score (nSPS) is 20.2. The monoisotopic (exact) mass is 193 g/mol. The number of aromatic nitrogens is 2. The van der Waals surface area contributed by atoms with Gasteiger partial charge in [-0.15, -0.1) is 0 Å². The second-order valence-electron chi connectivity index (χ2n) is 4.40. The van der Waals surface area contributed by atoms with E-state index in [2.05, 4.69) is 11.2 Å². The lowest BCUT2D eigenvalue weighted by Crippen LogP contribution is -2.21. The van der Waals surface area contributed by atoms with E-state index < -0.39 is 0 Å². The highest BCUT2D eigenvalue weighted by Gasteiger charge is 2.25. The summed E-state index contributed by atoms with van der Waals surface area (Å²) in [6.45, 7) is 2.02. The van der Waals surface area contributed by atoms with E-state index >= 15 is 0 Å². The summed E-state index contributed by atoms with van der Waals surface area (Å²) < 4.78 is 1.93. The van der Waals surface area contributed by atoms with Crippen LogP contribution in [-0.2, 0) is 7.05 Å². The summed E-state index contributed by atoms with van der Waals surface area (Å²) in [6, 6.07) is 2.30. The van der Waals surface area contributed by atoms with Gasteiger partial charge in [0.2, 0.25) is 0 Å². The Bertz CT molecular complexity index is 310. The van der Waals surface area contributed by atoms with E-state index in [0.717, 1.165) is 5.69 Å². The van der Waals surface area contributed by atoms with Gasteiger partial charge in [0.15, 0.2) is 0 Å². The van der Waals surface area contributed by atoms with Gasteiger partial charge in [-0.2, -0.15) is 5.10 Å². The van der Waals surface area contributed by atoms with E-state index in [1.165, 1.54) is 31.4 Å². The zero-order valence-corrected chi connectivity index (χ0v) is 9.03. The first-order valence-corrected chi connectivity index (χ1v) is 5.44. The van der Waals surface area contributed by atoms with Gasteiger partial charge in [0.05, 0.1) is 11.4 Å². The molecule has 0 bridgehead atoms. The number of nitrogens with zero attached hydrogens (tertiary/aromatic N) is 2. The van der Waals surface area contributed by atoms with Crippen LogP contribution in [-0.4, -0.2) is 9.78 Å². The van der Waals surface area contributed by atoms with Crippen molar-refractivity contribution in [3.05, 3.63) is 17.5 Å². The van der Waals surface area contributed by atoms with E-state index in [9.17, 15) is 0 Å². The molecule has 1 aliphatic carbocycles. The predicted molar refractivity (Wildman–Crippen MR) is 56.8 cm³/mol. The zero-order chi connectivity index (χ0) is 10.1. The molecule has 1 unspecified atom stereocenters. The van der Waals surface area contributed by atoms with E-state index in [0.29, 0.717) is 5.92 Å². The molecule has 0 aromatic carbocycles. The second-order valence-corrected chi connectivity index (χ2v) is 4.40. The lowest BCUT2D eigenvalue weighted by atomic mass is 9.96. The average Bonchev–Trinajstić information content (AvgIpc) is 2.73.